The first-order valence-electron chi connectivity index (χ1n) is 9.40. The number of phenols is 1. The number of Topliss-reactive ketones (excluding diaryl/α,β-unsaturated/α-hetero) is 2. The Morgan fingerprint density at radius 2 is 1.83 bits per heavy atom. The van der Waals surface area contributed by atoms with Crippen molar-refractivity contribution in [2.45, 2.75) is 13.1 Å². The van der Waals surface area contributed by atoms with Crippen LogP contribution in [0.4, 0.5) is 0 Å². The summed E-state index contributed by atoms with van der Waals surface area (Å²) < 4.78 is 2.01. The van der Waals surface area contributed by atoms with Crippen LogP contribution in [0, 0.1) is 0 Å². The Balaban J connectivity index is 0.00000205. The summed E-state index contributed by atoms with van der Waals surface area (Å²) in [6, 6.07) is 9.28. The van der Waals surface area contributed by atoms with E-state index in [2.05, 4.69) is 9.80 Å². The molecule has 0 fully saturated rings. The number of likely N-dealkylation sites (N-methyl/N-ethyl adjacent to an activating group) is 1. The summed E-state index contributed by atoms with van der Waals surface area (Å²) in [5, 5.41) is 13.0. The van der Waals surface area contributed by atoms with Crippen LogP contribution in [0.1, 0.15) is 22.5 Å². The van der Waals surface area contributed by atoms with Crippen molar-refractivity contribution in [3.05, 3.63) is 47.8 Å². The average molecular weight is 412 g/mol. The molecule has 0 saturated carbocycles. The zero-order valence-corrected chi connectivity index (χ0v) is 17.1. The van der Waals surface area contributed by atoms with Crippen molar-refractivity contribution in [2.75, 3.05) is 27.2 Å². The fourth-order valence-corrected chi connectivity index (χ4v) is 4.35. The van der Waals surface area contributed by atoms with Gasteiger partial charge in [-0.1, -0.05) is 24.3 Å². The number of carbonyl (C=O) groups is 2. The van der Waals surface area contributed by atoms with Crippen molar-refractivity contribution < 1.29 is 14.7 Å². The summed E-state index contributed by atoms with van der Waals surface area (Å²) in [4.78, 5) is 29.8. The smallest absolute Gasteiger partial charge is 0.174 e. The maximum absolute atomic E-state index is 12.9. The molecule has 0 amide bonds. The molecule has 0 saturated heterocycles. The first-order valence-corrected chi connectivity index (χ1v) is 9.40. The van der Waals surface area contributed by atoms with Gasteiger partial charge in [0, 0.05) is 36.1 Å². The van der Waals surface area contributed by atoms with Crippen LogP contribution in [0.3, 0.4) is 0 Å². The lowest BCUT2D eigenvalue weighted by atomic mass is 9.88. The maximum atomic E-state index is 12.9. The third-order valence-electron chi connectivity index (χ3n) is 5.67. The number of aromatic nitrogens is 1. The molecule has 1 aromatic heterocycles. The number of phenolic OH excluding ortho intramolecular Hbond substituents is 1. The van der Waals surface area contributed by atoms with E-state index >= 15 is 0 Å². The van der Waals surface area contributed by atoms with Gasteiger partial charge in [-0.05, 0) is 19.5 Å². The average Bonchev–Trinajstić information content (AvgIpc) is 3.00. The van der Waals surface area contributed by atoms with E-state index in [-0.39, 0.29) is 36.1 Å². The van der Waals surface area contributed by atoms with Gasteiger partial charge in [0.2, 0.25) is 0 Å². The number of fused-ring (bicyclic) bond motifs is 5. The van der Waals surface area contributed by atoms with E-state index in [4.69, 9.17) is 0 Å². The van der Waals surface area contributed by atoms with E-state index in [0.29, 0.717) is 28.9 Å². The molecular weight excluding hydrogens is 390 g/mol. The molecule has 2 aliphatic rings. The van der Waals surface area contributed by atoms with E-state index in [1.165, 1.54) is 0 Å². The Labute approximate surface area is 174 Å². The first-order chi connectivity index (χ1) is 13.5. The molecule has 3 aromatic rings. The molecule has 2 heterocycles. The summed E-state index contributed by atoms with van der Waals surface area (Å²) >= 11 is 0. The zero-order chi connectivity index (χ0) is 19.6. The maximum Gasteiger partial charge on any atom is 0.174 e. The predicted octanol–water partition coefficient (Wildman–Crippen LogP) is 3.25. The number of halogens is 1. The lowest BCUT2D eigenvalue weighted by molar-refractivity contribution is -0.113. The number of nitrogens with zero attached hydrogens (tertiary/aromatic N) is 3. The van der Waals surface area contributed by atoms with E-state index in [1.807, 2.05) is 49.1 Å². The number of aromatic hydroxyl groups is 1. The molecular formula is C22H22ClN3O3. The van der Waals surface area contributed by atoms with Crippen LogP contribution < -0.4 is 0 Å². The highest BCUT2D eigenvalue weighted by atomic mass is 35.5. The third-order valence-corrected chi connectivity index (χ3v) is 5.67. The van der Waals surface area contributed by atoms with E-state index in [1.54, 1.807) is 6.07 Å². The number of ketones is 2. The van der Waals surface area contributed by atoms with Gasteiger partial charge in [0.25, 0.3) is 0 Å². The standard InChI is InChI=1S/C22H21N3O3.ClH/c1-23(2)7-8-24-11-15-18(27)10-19(28)21-20-14-6-4-3-5-13(14)17(26)9-16(20)25(12-24)22(15)21;/h3-6,9,11,26H,7-8,10,12H2,1-2H3;1H. The van der Waals surface area contributed by atoms with Crippen LogP contribution in [0.15, 0.2) is 36.5 Å². The van der Waals surface area contributed by atoms with Gasteiger partial charge < -0.3 is 19.5 Å². The fraction of sp³-hybridized carbons (Fsp3) is 0.273. The molecule has 6 nitrogen and oxygen atoms in total. The Morgan fingerprint density at radius 3 is 2.55 bits per heavy atom. The van der Waals surface area contributed by atoms with Crippen molar-refractivity contribution in [3.8, 4) is 5.75 Å². The number of hydrogen-bond acceptors (Lipinski definition) is 5. The van der Waals surface area contributed by atoms with Crippen LogP contribution in [0.25, 0.3) is 27.2 Å². The summed E-state index contributed by atoms with van der Waals surface area (Å²) in [6.07, 6.45) is 1.80. The number of rotatable bonds is 3. The second kappa shape index (κ2) is 6.90. The molecule has 0 atom stereocenters. The van der Waals surface area contributed by atoms with E-state index in [0.717, 1.165) is 29.4 Å². The van der Waals surface area contributed by atoms with Gasteiger partial charge in [0.05, 0.1) is 35.4 Å². The van der Waals surface area contributed by atoms with Crippen molar-refractivity contribution in [2.24, 2.45) is 0 Å². The minimum Gasteiger partial charge on any atom is -0.507 e. The highest BCUT2D eigenvalue weighted by Crippen LogP contribution is 2.43. The molecule has 1 aliphatic carbocycles. The van der Waals surface area contributed by atoms with E-state index in [9.17, 15) is 14.7 Å². The molecule has 0 radical (unpaired) electrons. The lowest BCUT2D eigenvalue weighted by Gasteiger charge is -2.31. The summed E-state index contributed by atoms with van der Waals surface area (Å²) in [6.45, 7) is 2.17. The van der Waals surface area contributed by atoms with Crippen molar-refractivity contribution in [1.29, 1.82) is 0 Å². The monoisotopic (exact) mass is 411 g/mol. The van der Waals surface area contributed by atoms with Gasteiger partial charge in [-0.15, -0.1) is 12.4 Å². The summed E-state index contributed by atoms with van der Waals surface area (Å²) in [7, 11) is 4.03. The van der Waals surface area contributed by atoms with Crippen LogP contribution in [0.2, 0.25) is 0 Å². The van der Waals surface area contributed by atoms with E-state index < -0.39 is 0 Å². The van der Waals surface area contributed by atoms with Gasteiger partial charge in [0.1, 0.15) is 5.75 Å². The van der Waals surface area contributed by atoms with Crippen LogP contribution in [-0.2, 0) is 11.5 Å². The second-order valence-electron chi connectivity index (χ2n) is 7.81. The Hall–Kier alpha value is -2.83. The molecule has 0 unspecified atom stereocenters. The molecule has 1 aliphatic heterocycles. The Bertz CT molecular complexity index is 1210. The molecule has 1 N–H and O–H groups in total. The van der Waals surface area contributed by atoms with Crippen LogP contribution >= 0.6 is 12.4 Å². The highest BCUT2D eigenvalue weighted by Gasteiger charge is 2.37. The number of benzene rings is 2. The summed E-state index contributed by atoms with van der Waals surface area (Å²) in [5.74, 6) is -0.0907. The highest BCUT2D eigenvalue weighted by molar-refractivity contribution is 6.37. The zero-order valence-electron chi connectivity index (χ0n) is 16.3. The van der Waals surface area contributed by atoms with Gasteiger partial charge in [0.15, 0.2) is 11.6 Å². The molecule has 0 bridgehead atoms. The third kappa shape index (κ3) is 2.82. The predicted molar refractivity (Wildman–Crippen MR) is 116 cm³/mol. The van der Waals surface area contributed by atoms with Crippen molar-refractivity contribution in [1.82, 2.24) is 14.4 Å². The minimum absolute atomic E-state index is 0. The van der Waals surface area contributed by atoms with Gasteiger partial charge in [-0.2, -0.15) is 0 Å². The topological polar surface area (TPSA) is 65.8 Å². The fourth-order valence-electron chi connectivity index (χ4n) is 4.35. The molecule has 0 spiro atoms. The van der Waals surface area contributed by atoms with Crippen LogP contribution in [-0.4, -0.2) is 58.2 Å². The Kier molecular flexibility index (Phi) is 4.63. The van der Waals surface area contributed by atoms with Crippen molar-refractivity contribution in [3.63, 3.8) is 0 Å². The molecule has 7 heteroatoms. The number of carbonyl (C=O) groups excluding carboxylic acids is 2. The molecule has 5 rings (SSSR count). The SMILES string of the molecule is CN(C)CCN1C=C2C(=O)CC(=O)c3c2n(c2cc(O)c4ccccc4c32)C1.Cl. The molecule has 2 aromatic carbocycles. The first kappa shape index (κ1) is 19.5. The van der Waals surface area contributed by atoms with Gasteiger partial charge in [-0.3, -0.25) is 9.59 Å². The summed E-state index contributed by atoms with van der Waals surface area (Å²) in [5.41, 5.74) is 2.71. The lowest BCUT2D eigenvalue weighted by Crippen LogP contribution is -2.35. The minimum atomic E-state index is -0.140. The number of allylic oxidation sites excluding steroid dienone is 1. The molecule has 29 heavy (non-hydrogen) atoms. The van der Waals surface area contributed by atoms with Gasteiger partial charge >= 0.3 is 0 Å². The van der Waals surface area contributed by atoms with Crippen LogP contribution in [0.5, 0.6) is 5.75 Å². The largest absolute Gasteiger partial charge is 0.507 e. The van der Waals surface area contributed by atoms with Gasteiger partial charge in [-0.25, -0.2) is 0 Å². The van der Waals surface area contributed by atoms with Crippen molar-refractivity contribution >= 4 is 51.2 Å². The second-order valence-corrected chi connectivity index (χ2v) is 7.81. The molecule has 150 valence electrons. The Morgan fingerprint density at radius 1 is 1.10 bits per heavy atom. The number of hydrogen-bond donors (Lipinski definition) is 1. The normalized spacial score (nSPS) is 15.7. The quantitative estimate of drug-likeness (QED) is 0.670.